The van der Waals surface area contributed by atoms with Crippen LogP contribution in [0.4, 0.5) is 0 Å². The van der Waals surface area contributed by atoms with Crippen LogP contribution in [0.3, 0.4) is 0 Å². The van der Waals surface area contributed by atoms with E-state index in [0.717, 1.165) is 64.2 Å². The number of unbranched alkanes of at least 4 members (excludes halogenated alkanes) is 23. The van der Waals surface area contributed by atoms with Gasteiger partial charge in [0.15, 0.2) is 12.6 Å². The van der Waals surface area contributed by atoms with E-state index in [0.29, 0.717) is 19.4 Å². The van der Waals surface area contributed by atoms with Crippen LogP contribution in [0, 0.1) is 0 Å². The maximum atomic E-state index is 13.1. The van der Waals surface area contributed by atoms with Gasteiger partial charge in [-0.1, -0.05) is 233 Å². The maximum absolute atomic E-state index is 13.1. The highest BCUT2D eigenvalue weighted by molar-refractivity contribution is 5.69. The molecule has 0 aromatic carbocycles. The number of esters is 1. The SMILES string of the molecule is CC/C=C\C/C=C\C/C=C\C/C=C\C/C=C\C/C=C\C/C=C\CCCC(=O)OC(COCCCCCCCCCCCCCCCC/C=C\CCCCCCCCCC)COC1OC(COC2OC(CO)C(O)C(O)C2O)C(O)C(O)C1O. The van der Waals surface area contributed by atoms with Gasteiger partial charge in [-0.2, -0.15) is 0 Å². The van der Waals surface area contributed by atoms with Crippen LogP contribution in [-0.2, 0) is 33.2 Å². The van der Waals surface area contributed by atoms with Crippen molar-refractivity contribution in [2.45, 2.75) is 300 Å². The van der Waals surface area contributed by atoms with Gasteiger partial charge >= 0.3 is 5.97 Å². The molecule has 0 spiro atoms. The summed E-state index contributed by atoms with van der Waals surface area (Å²) in [5.41, 5.74) is 0. The average Bonchev–Trinajstić information content (AvgIpc) is 3.49. The van der Waals surface area contributed by atoms with Crippen molar-refractivity contribution in [3.05, 3.63) is 97.2 Å². The zero-order valence-corrected chi connectivity index (χ0v) is 51.7. The lowest BCUT2D eigenvalue weighted by atomic mass is 9.98. The summed E-state index contributed by atoms with van der Waals surface area (Å²) in [5, 5.41) is 72.5. The predicted molar refractivity (Wildman–Crippen MR) is 334 cm³/mol. The second kappa shape index (κ2) is 54.3. The van der Waals surface area contributed by atoms with E-state index < -0.39 is 86.7 Å². The molecule has 0 aliphatic carbocycles. The van der Waals surface area contributed by atoms with Crippen molar-refractivity contribution in [2.24, 2.45) is 0 Å². The third-order valence-corrected chi connectivity index (χ3v) is 15.1. The molecule has 2 rings (SSSR count). The van der Waals surface area contributed by atoms with E-state index >= 15 is 0 Å². The Morgan fingerprint density at radius 2 is 0.783 bits per heavy atom. The van der Waals surface area contributed by atoms with E-state index in [1.54, 1.807) is 0 Å². The van der Waals surface area contributed by atoms with Gasteiger partial charge in [0.05, 0.1) is 26.4 Å². The Kier molecular flexibility index (Phi) is 49.7. The third kappa shape index (κ3) is 40.1. The normalized spacial score (nSPS) is 24.1. The quantitative estimate of drug-likeness (QED) is 0.0172. The zero-order chi connectivity index (χ0) is 60.1. The number of ether oxygens (including phenoxy) is 6. The van der Waals surface area contributed by atoms with Crippen molar-refractivity contribution in [2.75, 3.05) is 33.0 Å². The van der Waals surface area contributed by atoms with Gasteiger partial charge in [-0.15, -0.1) is 0 Å². The molecule has 83 heavy (non-hydrogen) atoms. The van der Waals surface area contributed by atoms with E-state index in [9.17, 15) is 40.5 Å². The highest BCUT2D eigenvalue weighted by Crippen LogP contribution is 2.27. The molecule has 14 nitrogen and oxygen atoms in total. The van der Waals surface area contributed by atoms with E-state index in [4.69, 9.17) is 28.4 Å². The smallest absolute Gasteiger partial charge is 0.306 e. The second-order valence-electron chi connectivity index (χ2n) is 22.6. The third-order valence-electron chi connectivity index (χ3n) is 15.1. The summed E-state index contributed by atoms with van der Waals surface area (Å²) >= 11 is 0. The summed E-state index contributed by atoms with van der Waals surface area (Å²) in [6.07, 6.45) is 57.7. The molecule has 14 heteroatoms. The lowest BCUT2D eigenvalue weighted by Crippen LogP contribution is -2.61. The van der Waals surface area contributed by atoms with Gasteiger partial charge < -0.3 is 64.2 Å². The van der Waals surface area contributed by atoms with Crippen LogP contribution in [0.1, 0.15) is 232 Å². The fourth-order valence-electron chi connectivity index (χ4n) is 9.86. The highest BCUT2D eigenvalue weighted by Gasteiger charge is 2.47. The minimum absolute atomic E-state index is 0.0338. The number of allylic oxidation sites excluding steroid dienone is 16. The molecule has 11 atom stereocenters. The summed E-state index contributed by atoms with van der Waals surface area (Å²) < 4.78 is 34.4. The Morgan fingerprint density at radius 3 is 1.24 bits per heavy atom. The van der Waals surface area contributed by atoms with Gasteiger partial charge in [0.1, 0.15) is 54.9 Å². The number of carbonyl (C=O) groups is 1. The van der Waals surface area contributed by atoms with Gasteiger partial charge in [0, 0.05) is 13.0 Å². The van der Waals surface area contributed by atoms with E-state index in [1.807, 2.05) is 0 Å². The Bertz CT molecular complexity index is 1740. The van der Waals surface area contributed by atoms with Crippen LogP contribution in [-0.4, -0.2) is 142 Å². The molecule has 0 radical (unpaired) electrons. The average molecular weight is 1170 g/mol. The lowest BCUT2D eigenvalue weighted by molar-refractivity contribution is -0.332. The molecule has 2 fully saturated rings. The monoisotopic (exact) mass is 1170 g/mol. The zero-order valence-electron chi connectivity index (χ0n) is 51.7. The van der Waals surface area contributed by atoms with Crippen LogP contribution in [0.5, 0.6) is 0 Å². The summed E-state index contributed by atoms with van der Waals surface area (Å²) in [7, 11) is 0. The van der Waals surface area contributed by atoms with Crippen molar-refractivity contribution < 1.29 is 69.0 Å². The van der Waals surface area contributed by atoms with E-state index in [2.05, 4.69) is 111 Å². The highest BCUT2D eigenvalue weighted by atomic mass is 16.7. The van der Waals surface area contributed by atoms with E-state index in [1.165, 1.54) is 135 Å². The first-order valence-corrected chi connectivity index (χ1v) is 32.8. The van der Waals surface area contributed by atoms with Crippen LogP contribution in [0.2, 0.25) is 0 Å². The summed E-state index contributed by atoms with van der Waals surface area (Å²) in [5.74, 6) is -0.433. The molecule has 7 N–H and O–H groups in total. The molecular weight excluding hydrogens is 1050 g/mol. The Balaban J connectivity index is 1.69. The Hall–Kier alpha value is -3.09. The summed E-state index contributed by atoms with van der Waals surface area (Å²) in [4.78, 5) is 13.1. The van der Waals surface area contributed by atoms with Gasteiger partial charge in [-0.3, -0.25) is 4.79 Å². The van der Waals surface area contributed by atoms with Crippen molar-refractivity contribution in [3.8, 4) is 0 Å². The van der Waals surface area contributed by atoms with Gasteiger partial charge in [0.2, 0.25) is 0 Å². The number of rotatable bonds is 53. The standard InChI is InChI=1S/C69H118O14/c1-3-5-7-9-11-13-15-17-19-21-23-25-27-28-29-31-33-35-37-39-41-43-45-47-49-51-53-78-55-58(56-79-68-67(77)65(75)63(73)60(83-68)57-80-69-66(76)64(74)62(72)59(54-70)82-69)81-61(71)52-50-48-46-44-42-40-38-36-34-32-30-26-24-22-20-18-16-14-12-10-8-6-4-2/h6,8,12,14,18,20-21,23-24,26,32,34,38,40,44,46,58-60,62-70,72-77H,3-5,7,9-11,13,15-17,19,22,25,27-31,33,35-37,39,41-43,45,47-57H2,1-2H3/b8-6-,14-12-,20-18-,23-21-,26-24-,34-32-,40-38-,46-44-. The van der Waals surface area contributed by atoms with Crippen LogP contribution >= 0.6 is 0 Å². The summed E-state index contributed by atoms with van der Waals surface area (Å²) in [6.45, 7) is 3.52. The fourth-order valence-corrected chi connectivity index (χ4v) is 9.86. The molecule has 0 amide bonds. The van der Waals surface area contributed by atoms with Crippen molar-refractivity contribution in [1.29, 1.82) is 0 Å². The van der Waals surface area contributed by atoms with Crippen LogP contribution < -0.4 is 0 Å². The Morgan fingerprint density at radius 1 is 0.410 bits per heavy atom. The largest absolute Gasteiger partial charge is 0.457 e. The molecule has 2 heterocycles. The number of hydrogen-bond donors (Lipinski definition) is 7. The van der Waals surface area contributed by atoms with Crippen molar-refractivity contribution in [3.63, 3.8) is 0 Å². The van der Waals surface area contributed by atoms with Gasteiger partial charge in [-0.05, 0) is 89.9 Å². The molecule has 11 unspecified atom stereocenters. The van der Waals surface area contributed by atoms with Gasteiger partial charge in [0.25, 0.3) is 0 Å². The lowest BCUT2D eigenvalue weighted by Gasteiger charge is -2.42. The first kappa shape index (κ1) is 76.0. The molecule has 0 aromatic rings. The maximum Gasteiger partial charge on any atom is 0.306 e. The van der Waals surface area contributed by atoms with Gasteiger partial charge in [-0.25, -0.2) is 0 Å². The van der Waals surface area contributed by atoms with Crippen molar-refractivity contribution >= 4 is 5.97 Å². The minimum Gasteiger partial charge on any atom is -0.457 e. The number of hydrogen-bond acceptors (Lipinski definition) is 14. The molecule has 2 aliphatic rings. The molecule has 2 aliphatic heterocycles. The molecule has 0 saturated carbocycles. The number of carbonyl (C=O) groups excluding carboxylic acids is 1. The summed E-state index contributed by atoms with van der Waals surface area (Å²) in [6, 6.07) is 0. The Labute approximate surface area is 502 Å². The molecule has 478 valence electrons. The van der Waals surface area contributed by atoms with Crippen molar-refractivity contribution in [1.82, 2.24) is 0 Å². The molecule has 0 bridgehead atoms. The topological polar surface area (TPSA) is 214 Å². The fraction of sp³-hybridized carbons (Fsp3) is 0.754. The van der Waals surface area contributed by atoms with Crippen LogP contribution in [0.25, 0.3) is 0 Å². The molecule has 0 aromatic heterocycles. The molecule has 2 saturated heterocycles. The second-order valence-corrected chi connectivity index (χ2v) is 22.6. The van der Waals surface area contributed by atoms with Crippen LogP contribution in [0.15, 0.2) is 97.2 Å². The minimum atomic E-state index is -1.72. The first-order chi connectivity index (χ1) is 40.6. The van der Waals surface area contributed by atoms with E-state index in [-0.39, 0.29) is 19.6 Å². The number of aliphatic hydroxyl groups excluding tert-OH is 7. The number of aliphatic hydroxyl groups is 7. The molecular formula is C69H118O14. The first-order valence-electron chi connectivity index (χ1n) is 32.8. The predicted octanol–water partition coefficient (Wildman–Crippen LogP) is 13.3.